The van der Waals surface area contributed by atoms with Crippen LogP contribution in [0.3, 0.4) is 0 Å². The molecule has 2 aromatic carbocycles. The summed E-state index contributed by atoms with van der Waals surface area (Å²) < 4.78 is 11.0. The summed E-state index contributed by atoms with van der Waals surface area (Å²) in [6, 6.07) is 15.8. The maximum absolute atomic E-state index is 5.66. The summed E-state index contributed by atoms with van der Waals surface area (Å²) in [6.45, 7) is 2.74. The van der Waals surface area contributed by atoms with Crippen molar-refractivity contribution in [3.8, 4) is 22.8 Å². The highest BCUT2D eigenvalue weighted by Crippen LogP contribution is 2.28. The first-order valence-electron chi connectivity index (χ1n) is 8.41. The maximum Gasteiger partial charge on any atom is 0.203 e. The Kier molecular flexibility index (Phi) is 6.22. The van der Waals surface area contributed by atoms with Crippen LogP contribution in [0.1, 0.15) is 18.9 Å². The first kappa shape index (κ1) is 17.9. The van der Waals surface area contributed by atoms with Gasteiger partial charge in [0.25, 0.3) is 0 Å². The van der Waals surface area contributed by atoms with E-state index >= 15 is 0 Å². The number of ether oxygens (including phenoxy) is 2. The lowest BCUT2D eigenvalue weighted by Gasteiger charge is -2.10. The molecule has 5 nitrogen and oxygen atoms in total. The monoisotopic (exact) mass is 367 g/mol. The smallest absolute Gasteiger partial charge is 0.203 e. The quantitative estimate of drug-likeness (QED) is 0.447. The molecule has 0 saturated heterocycles. The molecule has 1 aromatic heterocycles. The highest BCUT2D eigenvalue weighted by molar-refractivity contribution is 7.14. The molecule has 3 aromatic rings. The minimum atomic E-state index is 0.666. The molecule has 0 amide bonds. The van der Waals surface area contributed by atoms with Gasteiger partial charge in [0.15, 0.2) is 11.5 Å². The lowest BCUT2D eigenvalue weighted by Crippen LogP contribution is -1.98. The van der Waals surface area contributed by atoms with Crippen LogP contribution >= 0.6 is 11.3 Å². The second-order valence-corrected chi connectivity index (χ2v) is 6.39. The topological polar surface area (TPSA) is 55.7 Å². The first-order chi connectivity index (χ1) is 12.8. The van der Waals surface area contributed by atoms with Gasteiger partial charge in [0.1, 0.15) is 0 Å². The highest BCUT2D eigenvalue weighted by Gasteiger charge is 2.05. The number of aromatic nitrogens is 1. The third kappa shape index (κ3) is 4.61. The van der Waals surface area contributed by atoms with Crippen LogP contribution in [-0.2, 0) is 0 Å². The van der Waals surface area contributed by atoms with Crippen molar-refractivity contribution in [2.75, 3.05) is 19.1 Å². The predicted octanol–water partition coefficient (Wildman–Crippen LogP) is 5.05. The Balaban J connectivity index is 1.64. The number of benzene rings is 2. The summed E-state index contributed by atoms with van der Waals surface area (Å²) in [5.74, 6) is 1.44. The van der Waals surface area contributed by atoms with Crippen molar-refractivity contribution in [2.24, 2.45) is 5.10 Å². The van der Waals surface area contributed by atoms with Gasteiger partial charge in [0, 0.05) is 10.9 Å². The van der Waals surface area contributed by atoms with E-state index in [1.807, 2.05) is 53.9 Å². The van der Waals surface area contributed by atoms with Crippen LogP contribution in [0.2, 0.25) is 0 Å². The molecule has 6 heteroatoms. The van der Waals surface area contributed by atoms with Crippen LogP contribution in [0.4, 0.5) is 5.13 Å². The van der Waals surface area contributed by atoms with Crippen LogP contribution in [0.25, 0.3) is 11.3 Å². The zero-order valence-electron chi connectivity index (χ0n) is 14.8. The summed E-state index contributed by atoms with van der Waals surface area (Å²) in [4.78, 5) is 4.54. The largest absolute Gasteiger partial charge is 0.493 e. The molecule has 1 heterocycles. The van der Waals surface area contributed by atoms with Gasteiger partial charge in [0.2, 0.25) is 5.13 Å². The summed E-state index contributed by atoms with van der Waals surface area (Å²) in [5.41, 5.74) is 5.92. The third-order valence-corrected chi connectivity index (χ3v) is 4.34. The number of hydrogen-bond donors (Lipinski definition) is 1. The summed E-state index contributed by atoms with van der Waals surface area (Å²) in [6.07, 6.45) is 2.69. The Morgan fingerprint density at radius 2 is 2.00 bits per heavy atom. The Labute approximate surface area is 157 Å². The van der Waals surface area contributed by atoms with Crippen LogP contribution < -0.4 is 14.9 Å². The molecule has 0 aliphatic rings. The summed E-state index contributed by atoms with van der Waals surface area (Å²) >= 11 is 1.52. The fraction of sp³-hybridized carbons (Fsp3) is 0.200. The Bertz CT molecular complexity index is 863. The Hall–Kier alpha value is -2.86. The second-order valence-electron chi connectivity index (χ2n) is 5.53. The van der Waals surface area contributed by atoms with Crippen molar-refractivity contribution in [3.05, 3.63) is 59.5 Å². The zero-order valence-corrected chi connectivity index (χ0v) is 15.6. The SMILES string of the molecule is CCCOc1ccc(/C=N\Nc2nc(-c3ccccc3)cs2)cc1OC. The van der Waals surface area contributed by atoms with Crippen molar-refractivity contribution in [1.29, 1.82) is 0 Å². The van der Waals surface area contributed by atoms with E-state index < -0.39 is 0 Å². The van der Waals surface area contributed by atoms with E-state index in [0.29, 0.717) is 12.4 Å². The van der Waals surface area contributed by atoms with Crippen LogP contribution in [0.15, 0.2) is 59.0 Å². The number of methoxy groups -OCH3 is 1. The number of hydrogen-bond acceptors (Lipinski definition) is 6. The lowest BCUT2D eigenvalue weighted by atomic mass is 10.2. The number of thiazole rings is 1. The average Bonchev–Trinajstić information content (AvgIpc) is 3.16. The minimum absolute atomic E-state index is 0.666. The Morgan fingerprint density at radius 1 is 1.15 bits per heavy atom. The van der Waals surface area contributed by atoms with Crippen molar-refractivity contribution < 1.29 is 9.47 Å². The summed E-state index contributed by atoms with van der Waals surface area (Å²) in [7, 11) is 1.63. The van der Waals surface area contributed by atoms with Crippen LogP contribution in [0, 0.1) is 0 Å². The summed E-state index contributed by atoms with van der Waals surface area (Å²) in [5, 5.41) is 7.02. The third-order valence-electron chi connectivity index (χ3n) is 3.60. The van der Waals surface area contributed by atoms with Gasteiger partial charge in [-0.15, -0.1) is 11.3 Å². The molecule has 26 heavy (non-hydrogen) atoms. The molecule has 0 aliphatic carbocycles. The molecule has 0 saturated carbocycles. The van der Waals surface area contributed by atoms with E-state index in [1.165, 1.54) is 11.3 Å². The second kappa shape index (κ2) is 9.01. The van der Waals surface area contributed by atoms with E-state index in [0.717, 1.165) is 34.1 Å². The number of nitrogens with zero attached hydrogens (tertiary/aromatic N) is 2. The number of nitrogens with one attached hydrogen (secondary N) is 1. The average molecular weight is 367 g/mol. The fourth-order valence-corrected chi connectivity index (χ4v) is 2.99. The zero-order chi connectivity index (χ0) is 18.2. The molecule has 3 rings (SSSR count). The molecule has 0 spiro atoms. The number of anilines is 1. The predicted molar refractivity (Wildman–Crippen MR) is 108 cm³/mol. The normalized spacial score (nSPS) is 10.8. The van der Waals surface area contributed by atoms with E-state index in [1.54, 1.807) is 13.3 Å². The molecule has 134 valence electrons. The van der Waals surface area contributed by atoms with Gasteiger partial charge in [-0.05, 0) is 30.2 Å². The van der Waals surface area contributed by atoms with Gasteiger partial charge in [-0.2, -0.15) is 5.10 Å². The van der Waals surface area contributed by atoms with E-state index in [-0.39, 0.29) is 0 Å². The van der Waals surface area contributed by atoms with Crippen molar-refractivity contribution in [2.45, 2.75) is 13.3 Å². The molecule has 1 N–H and O–H groups in total. The lowest BCUT2D eigenvalue weighted by molar-refractivity contribution is 0.294. The number of rotatable bonds is 8. The minimum Gasteiger partial charge on any atom is -0.493 e. The highest BCUT2D eigenvalue weighted by atomic mass is 32.1. The first-order valence-corrected chi connectivity index (χ1v) is 9.29. The van der Waals surface area contributed by atoms with E-state index in [2.05, 4.69) is 22.4 Å². The van der Waals surface area contributed by atoms with Gasteiger partial charge >= 0.3 is 0 Å². The molecule has 0 radical (unpaired) electrons. The van der Waals surface area contributed by atoms with Gasteiger partial charge in [-0.1, -0.05) is 37.3 Å². The van der Waals surface area contributed by atoms with Crippen LogP contribution in [-0.4, -0.2) is 24.9 Å². The molecule has 0 unspecified atom stereocenters. The molecular weight excluding hydrogens is 346 g/mol. The molecular formula is C20H21N3O2S. The van der Waals surface area contributed by atoms with Gasteiger partial charge < -0.3 is 9.47 Å². The van der Waals surface area contributed by atoms with E-state index in [9.17, 15) is 0 Å². The standard InChI is InChI=1S/C20H21N3O2S/c1-3-11-25-18-10-9-15(12-19(18)24-2)13-21-23-20-22-17(14-26-20)16-7-5-4-6-8-16/h4-10,12-14H,3,11H2,1-2H3,(H,22,23)/b21-13-. The van der Waals surface area contributed by atoms with Crippen molar-refractivity contribution >= 4 is 22.7 Å². The molecule has 0 aliphatic heterocycles. The van der Waals surface area contributed by atoms with Gasteiger partial charge in [-0.25, -0.2) is 4.98 Å². The van der Waals surface area contributed by atoms with Crippen LogP contribution in [0.5, 0.6) is 11.5 Å². The molecule has 0 fully saturated rings. The van der Waals surface area contributed by atoms with Crippen molar-refractivity contribution in [3.63, 3.8) is 0 Å². The molecule has 0 bridgehead atoms. The van der Waals surface area contributed by atoms with Gasteiger partial charge in [0.05, 0.1) is 25.6 Å². The maximum atomic E-state index is 5.66. The van der Waals surface area contributed by atoms with Crippen molar-refractivity contribution in [1.82, 2.24) is 4.98 Å². The number of hydrazone groups is 1. The van der Waals surface area contributed by atoms with Gasteiger partial charge in [-0.3, -0.25) is 5.43 Å². The Morgan fingerprint density at radius 3 is 2.77 bits per heavy atom. The molecule has 0 atom stereocenters. The van der Waals surface area contributed by atoms with E-state index in [4.69, 9.17) is 9.47 Å². The fourth-order valence-electron chi connectivity index (χ4n) is 2.32.